The minimum atomic E-state index is -0.443. The molecular formula is C30H40ClN3O3. The molecule has 7 heteroatoms. The zero-order valence-corrected chi connectivity index (χ0v) is 23.6. The Morgan fingerprint density at radius 1 is 1.05 bits per heavy atom. The normalized spacial score (nSPS) is 14.8. The van der Waals surface area contributed by atoms with Gasteiger partial charge in [-0.15, -0.1) is 0 Å². The van der Waals surface area contributed by atoms with Gasteiger partial charge in [0.2, 0.25) is 0 Å². The number of benzene rings is 2. The first-order valence-electron chi connectivity index (χ1n) is 13.4. The van der Waals surface area contributed by atoms with Crippen molar-refractivity contribution in [1.82, 2.24) is 14.5 Å². The van der Waals surface area contributed by atoms with E-state index in [9.17, 15) is 4.79 Å². The molecule has 2 heterocycles. The number of hydrogen-bond acceptors (Lipinski definition) is 4. The van der Waals surface area contributed by atoms with Gasteiger partial charge in [0.05, 0.1) is 11.0 Å². The minimum Gasteiger partial charge on any atom is -0.486 e. The summed E-state index contributed by atoms with van der Waals surface area (Å²) in [7, 11) is 0. The van der Waals surface area contributed by atoms with Crippen LogP contribution in [0.5, 0.6) is 5.75 Å². The molecule has 0 N–H and O–H groups in total. The van der Waals surface area contributed by atoms with Gasteiger partial charge >= 0.3 is 6.09 Å². The average molecular weight is 526 g/mol. The summed E-state index contributed by atoms with van der Waals surface area (Å²) in [5.41, 5.74) is 4.26. The number of amides is 1. The smallest absolute Gasteiger partial charge is 0.410 e. The summed E-state index contributed by atoms with van der Waals surface area (Å²) in [6.07, 6.45) is 5.33. The predicted molar refractivity (Wildman–Crippen MR) is 149 cm³/mol. The van der Waals surface area contributed by atoms with Gasteiger partial charge < -0.3 is 18.9 Å². The van der Waals surface area contributed by atoms with E-state index in [4.69, 9.17) is 26.1 Å². The van der Waals surface area contributed by atoms with Crippen molar-refractivity contribution in [2.24, 2.45) is 5.92 Å². The van der Waals surface area contributed by atoms with Gasteiger partial charge in [-0.05, 0) is 101 Å². The summed E-state index contributed by atoms with van der Waals surface area (Å²) in [6.45, 7) is 12.9. The Kier molecular flexibility index (Phi) is 8.68. The molecule has 1 saturated heterocycles. The van der Waals surface area contributed by atoms with Gasteiger partial charge in [0, 0.05) is 24.7 Å². The van der Waals surface area contributed by atoms with Crippen LogP contribution in [0.15, 0.2) is 36.4 Å². The van der Waals surface area contributed by atoms with Crippen molar-refractivity contribution in [3.05, 3.63) is 58.4 Å². The quantitative estimate of drug-likeness (QED) is 0.283. The molecule has 0 unspecified atom stereocenters. The number of rotatable bonds is 8. The highest BCUT2D eigenvalue weighted by Crippen LogP contribution is 2.27. The molecule has 4 rings (SSSR count). The van der Waals surface area contributed by atoms with Gasteiger partial charge in [-0.3, -0.25) is 0 Å². The fourth-order valence-electron chi connectivity index (χ4n) is 4.95. The van der Waals surface area contributed by atoms with E-state index >= 15 is 0 Å². The number of carbonyl (C=O) groups is 1. The number of halogens is 1. The van der Waals surface area contributed by atoms with Crippen LogP contribution < -0.4 is 4.74 Å². The van der Waals surface area contributed by atoms with Crippen LogP contribution >= 0.6 is 11.6 Å². The summed E-state index contributed by atoms with van der Waals surface area (Å²) in [6, 6.07) is 11.8. The molecule has 1 amide bonds. The second-order valence-corrected chi connectivity index (χ2v) is 11.6. The van der Waals surface area contributed by atoms with Gasteiger partial charge in [0.1, 0.15) is 23.8 Å². The number of piperidine rings is 1. The van der Waals surface area contributed by atoms with E-state index in [1.165, 1.54) is 23.1 Å². The highest BCUT2D eigenvalue weighted by molar-refractivity contribution is 6.30. The predicted octanol–water partition coefficient (Wildman–Crippen LogP) is 7.70. The van der Waals surface area contributed by atoms with Crippen LogP contribution in [-0.2, 0) is 17.9 Å². The number of aromatic nitrogens is 2. The van der Waals surface area contributed by atoms with Crippen LogP contribution in [-0.4, -0.2) is 39.2 Å². The van der Waals surface area contributed by atoms with Crippen molar-refractivity contribution < 1.29 is 14.3 Å². The van der Waals surface area contributed by atoms with Crippen molar-refractivity contribution in [3.63, 3.8) is 0 Å². The highest BCUT2D eigenvalue weighted by atomic mass is 35.5. The lowest BCUT2D eigenvalue weighted by Gasteiger charge is -2.33. The lowest BCUT2D eigenvalue weighted by Crippen LogP contribution is -2.41. The van der Waals surface area contributed by atoms with Crippen LogP contribution in [0, 0.1) is 19.8 Å². The van der Waals surface area contributed by atoms with Crippen LogP contribution in [0.25, 0.3) is 11.0 Å². The molecule has 0 aliphatic carbocycles. The first-order valence-corrected chi connectivity index (χ1v) is 13.8. The van der Waals surface area contributed by atoms with Crippen molar-refractivity contribution in [2.75, 3.05) is 13.1 Å². The maximum atomic E-state index is 12.3. The van der Waals surface area contributed by atoms with Crippen molar-refractivity contribution in [2.45, 2.75) is 85.5 Å². The fraction of sp³-hybridized carbons (Fsp3) is 0.533. The maximum absolute atomic E-state index is 12.3. The number of carbonyl (C=O) groups excluding carboxylic acids is 1. The topological polar surface area (TPSA) is 56.6 Å². The Bertz CT molecular complexity index is 1210. The molecule has 1 fully saturated rings. The third-order valence-corrected chi connectivity index (χ3v) is 7.47. The second-order valence-electron chi connectivity index (χ2n) is 11.2. The van der Waals surface area contributed by atoms with E-state index < -0.39 is 5.60 Å². The fourth-order valence-corrected chi connectivity index (χ4v) is 5.07. The minimum absolute atomic E-state index is 0.184. The summed E-state index contributed by atoms with van der Waals surface area (Å²) >= 11 is 6.02. The number of fused-ring (bicyclic) bond motifs is 1. The number of nitrogens with zero attached hydrogens (tertiary/aromatic N) is 3. The number of hydrogen-bond donors (Lipinski definition) is 0. The lowest BCUT2D eigenvalue weighted by atomic mass is 9.92. The first-order chi connectivity index (χ1) is 17.6. The van der Waals surface area contributed by atoms with E-state index in [1.54, 1.807) is 0 Å². The van der Waals surface area contributed by atoms with Crippen molar-refractivity contribution in [3.8, 4) is 5.75 Å². The average Bonchev–Trinajstić information content (AvgIpc) is 3.21. The molecule has 6 nitrogen and oxygen atoms in total. The zero-order chi connectivity index (χ0) is 26.6. The molecule has 1 aliphatic heterocycles. The van der Waals surface area contributed by atoms with Crippen LogP contribution in [0.3, 0.4) is 0 Å². The molecule has 0 bridgehead atoms. The molecule has 2 aromatic carbocycles. The summed E-state index contributed by atoms with van der Waals surface area (Å²) < 4.78 is 13.9. The monoisotopic (exact) mass is 525 g/mol. The molecule has 1 aliphatic rings. The van der Waals surface area contributed by atoms with Gasteiger partial charge in [0.15, 0.2) is 0 Å². The van der Waals surface area contributed by atoms with E-state index in [2.05, 4.69) is 30.5 Å². The molecule has 37 heavy (non-hydrogen) atoms. The number of likely N-dealkylation sites (tertiary alicyclic amines) is 1. The Labute approximate surface area is 225 Å². The van der Waals surface area contributed by atoms with E-state index in [1.807, 2.05) is 49.9 Å². The molecule has 1 aromatic heterocycles. The first kappa shape index (κ1) is 27.3. The standard InChI is InChI=1S/C30H40ClN3O3/c1-21-9-14-26-28(22(21)2)32-27(20-36-25-12-10-24(31)11-13-25)34(26)17-7-6-8-23-15-18-33(19-16-23)29(35)37-30(3,4)5/h9-14,23H,6-8,15-20H2,1-5H3. The Morgan fingerprint density at radius 3 is 2.43 bits per heavy atom. The van der Waals surface area contributed by atoms with Crippen LogP contribution in [0.4, 0.5) is 4.79 Å². The highest BCUT2D eigenvalue weighted by Gasteiger charge is 2.26. The Balaban J connectivity index is 1.33. The molecular weight excluding hydrogens is 486 g/mol. The molecule has 3 aromatic rings. The Hall–Kier alpha value is -2.73. The third-order valence-electron chi connectivity index (χ3n) is 7.22. The van der Waals surface area contributed by atoms with E-state index in [0.717, 1.165) is 62.4 Å². The molecule has 200 valence electrons. The summed E-state index contributed by atoms with van der Waals surface area (Å²) in [5.74, 6) is 2.40. The molecule has 0 spiro atoms. The van der Waals surface area contributed by atoms with Gasteiger partial charge in [-0.25, -0.2) is 9.78 Å². The van der Waals surface area contributed by atoms with Crippen molar-refractivity contribution >= 4 is 28.7 Å². The number of imidazole rings is 1. The largest absolute Gasteiger partial charge is 0.486 e. The lowest BCUT2D eigenvalue weighted by molar-refractivity contribution is 0.0180. The van der Waals surface area contributed by atoms with Gasteiger partial charge in [0.25, 0.3) is 0 Å². The molecule has 0 saturated carbocycles. The summed E-state index contributed by atoms with van der Waals surface area (Å²) in [5, 5.41) is 0.696. The molecule has 0 radical (unpaired) electrons. The maximum Gasteiger partial charge on any atom is 0.410 e. The molecule has 0 atom stereocenters. The number of ether oxygens (including phenoxy) is 2. The SMILES string of the molecule is Cc1ccc2c(nc(COc3ccc(Cl)cc3)n2CCCCC2CCN(C(=O)OC(C)(C)C)CC2)c1C. The Morgan fingerprint density at radius 2 is 1.76 bits per heavy atom. The van der Waals surface area contributed by atoms with Crippen LogP contribution in [0.2, 0.25) is 5.02 Å². The van der Waals surface area contributed by atoms with E-state index in [0.29, 0.717) is 17.5 Å². The number of aryl methyl sites for hydroxylation is 3. The number of unbranched alkanes of at least 4 members (excludes halogenated alkanes) is 1. The summed E-state index contributed by atoms with van der Waals surface area (Å²) in [4.78, 5) is 19.2. The zero-order valence-electron chi connectivity index (χ0n) is 22.8. The second kappa shape index (κ2) is 11.8. The van der Waals surface area contributed by atoms with Crippen LogP contribution in [0.1, 0.15) is 69.8 Å². The van der Waals surface area contributed by atoms with E-state index in [-0.39, 0.29) is 6.09 Å². The van der Waals surface area contributed by atoms with Gasteiger partial charge in [-0.2, -0.15) is 0 Å². The third kappa shape index (κ3) is 7.19. The van der Waals surface area contributed by atoms with Gasteiger partial charge in [-0.1, -0.05) is 30.5 Å². The van der Waals surface area contributed by atoms with Crippen molar-refractivity contribution in [1.29, 1.82) is 0 Å².